The summed E-state index contributed by atoms with van der Waals surface area (Å²) >= 11 is -1.48. The molecule has 4 rings (SSSR count). The number of carbonyl (C=O) groups is 2. The topological polar surface area (TPSA) is 46.6 Å². The molecule has 2 aliphatic rings. The number of esters is 1. The third kappa shape index (κ3) is 8.73. The van der Waals surface area contributed by atoms with E-state index in [1.165, 1.54) is 6.92 Å². The van der Waals surface area contributed by atoms with Crippen molar-refractivity contribution in [1.29, 1.82) is 0 Å². The van der Waals surface area contributed by atoms with Gasteiger partial charge in [0, 0.05) is 0 Å². The van der Waals surface area contributed by atoms with Gasteiger partial charge in [0.1, 0.15) is 0 Å². The van der Waals surface area contributed by atoms with Gasteiger partial charge in [-0.15, -0.1) is 0 Å². The molecule has 1 saturated heterocycles. The molecule has 0 spiro atoms. The first-order chi connectivity index (χ1) is 21.1. The number of hydrogen-bond donors (Lipinski definition) is 0. The first-order valence-corrected chi connectivity index (χ1v) is 17.7. The van der Waals surface area contributed by atoms with Crippen molar-refractivity contribution in [2.24, 2.45) is 11.3 Å². The zero-order valence-electron chi connectivity index (χ0n) is 26.0. The molecule has 45 heavy (non-hydrogen) atoms. The van der Waals surface area contributed by atoms with Crippen LogP contribution in [0.3, 0.4) is 0 Å². The molecule has 4 nitrogen and oxygen atoms in total. The molecule has 1 aliphatic carbocycles. The first kappa shape index (κ1) is 35.5. The van der Waals surface area contributed by atoms with Crippen molar-refractivity contribution in [3.05, 3.63) is 70.8 Å². The minimum absolute atomic E-state index is 0.102. The van der Waals surface area contributed by atoms with Crippen molar-refractivity contribution in [1.82, 2.24) is 4.90 Å². The van der Waals surface area contributed by atoms with E-state index in [2.05, 4.69) is 4.90 Å². The number of piperidine rings is 1. The van der Waals surface area contributed by atoms with Gasteiger partial charge in [0.15, 0.2) is 0 Å². The van der Waals surface area contributed by atoms with Crippen LogP contribution < -0.4 is 0 Å². The van der Waals surface area contributed by atoms with Crippen molar-refractivity contribution >= 4 is 26.3 Å². The number of ether oxygens (including phenoxy) is 1. The standard InChI is InChI=1S/C34H42AsF6NO3/c1-4-45-30(44)31(3)14-8-17-42(22-31)18-13-24-11-15-32(16-12-24,26-9-6-5-7-10-26)35-29(43)23(2)25-19-27(33(36,37)38)21-28(20-25)34(39,40)41/h5-7,9-10,19-21,23-24,35H,4,8,11-18,22H2,1-3H3/t23-,24?,31+,32?/m0/s1. The molecular formula is C34H42AsF6NO3. The second-order valence-electron chi connectivity index (χ2n) is 12.9. The number of nitrogens with zero attached hydrogens (tertiary/aromatic N) is 1. The van der Waals surface area contributed by atoms with Gasteiger partial charge in [-0.05, 0) is 6.92 Å². The van der Waals surface area contributed by atoms with Gasteiger partial charge in [-0.3, -0.25) is 0 Å². The predicted molar refractivity (Wildman–Crippen MR) is 162 cm³/mol. The van der Waals surface area contributed by atoms with E-state index in [-0.39, 0.29) is 22.2 Å². The Morgan fingerprint density at radius 2 is 1.58 bits per heavy atom. The summed E-state index contributed by atoms with van der Waals surface area (Å²) in [5, 5.41) is 0. The number of halogens is 6. The van der Waals surface area contributed by atoms with Crippen molar-refractivity contribution < 1.29 is 40.7 Å². The Morgan fingerprint density at radius 1 is 0.978 bits per heavy atom. The third-order valence-corrected chi connectivity index (χ3v) is 13.6. The Bertz CT molecular complexity index is 1290. The minimum atomic E-state index is -4.97. The Labute approximate surface area is 268 Å². The molecule has 2 fully saturated rings. The maximum atomic E-state index is 13.7. The summed E-state index contributed by atoms with van der Waals surface area (Å²) in [5.74, 6) is -0.808. The molecule has 0 radical (unpaired) electrons. The molecule has 248 valence electrons. The quantitative estimate of drug-likeness (QED) is 0.144. The van der Waals surface area contributed by atoms with E-state index < -0.39 is 54.8 Å². The number of benzene rings is 2. The monoisotopic (exact) mass is 701 g/mol. The van der Waals surface area contributed by atoms with Gasteiger partial charge < -0.3 is 0 Å². The van der Waals surface area contributed by atoms with Crippen LogP contribution in [0.4, 0.5) is 26.3 Å². The van der Waals surface area contributed by atoms with E-state index in [4.69, 9.17) is 4.74 Å². The molecular weight excluding hydrogens is 659 g/mol. The normalized spacial score (nSPS) is 25.8. The fourth-order valence-corrected chi connectivity index (χ4v) is 10.4. The zero-order valence-corrected chi connectivity index (χ0v) is 28.1. The zero-order chi connectivity index (χ0) is 33.0. The number of likely N-dealkylation sites (tertiary alicyclic amines) is 1. The van der Waals surface area contributed by atoms with Crippen molar-refractivity contribution in [3.8, 4) is 0 Å². The molecule has 2 aromatic rings. The molecule has 1 saturated carbocycles. The van der Waals surface area contributed by atoms with Crippen LogP contribution in [0, 0.1) is 11.3 Å². The molecule has 11 heteroatoms. The van der Waals surface area contributed by atoms with Gasteiger partial charge in [-0.2, -0.15) is 0 Å². The van der Waals surface area contributed by atoms with Crippen LogP contribution in [0.15, 0.2) is 48.5 Å². The maximum absolute atomic E-state index is 13.7. The summed E-state index contributed by atoms with van der Waals surface area (Å²) in [6.45, 7) is 8.02. The summed E-state index contributed by atoms with van der Waals surface area (Å²) in [6.07, 6.45) is -3.99. The van der Waals surface area contributed by atoms with Gasteiger partial charge in [-0.1, -0.05) is 0 Å². The fraction of sp³-hybridized carbons (Fsp3) is 0.588. The Balaban J connectivity index is 1.46. The predicted octanol–water partition coefficient (Wildman–Crippen LogP) is 7.93. The van der Waals surface area contributed by atoms with E-state index in [1.807, 2.05) is 44.2 Å². The Morgan fingerprint density at radius 3 is 2.13 bits per heavy atom. The van der Waals surface area contributed by atoms with Gasteiger partial charge in [0.25, 0.3) is 0 Å². The van der Waals surface area contributed by atoms with Gasteiger partial charge in [-0.25, -0.2) is 0 Å². The molecule has 1 aliphatic heterocycles. The fourth-order valence-electron chi connectivity index (χ4n) is 6.80. The van der Waals surface area contributed by atoms with Gasteiger partial charge in [0.2, 0.25) is 0 Å². The molecule has 0 amide bonds. The van der Waals surface area contributed by atoms with Crippen LogP contribution in [-0.4, -0.2) is 57.4 Å². The molecule has 0 bridgehead atoms. The molecule has 2 aromatic carbocycles. The van der Waals surface area contributed by atoms with E-state index in [1.54, 1.807) is 0 Å². The Kier molecular flexibility index (Phi) is 11.2. The Hall–Kier alpha value is -2.32. The van der Waals surface area contributed by atoms with Crippen LogP contribution in [0.25, 0.3) is 0 Å². The SMILES string of the molecule is CCOC(=O)[C@]1(C)CCCN(CCC2CCC([AsH]C(=O)[C@@H](C)c3cc(C(F)(F)F)cc(C(F)(F)F)c3)(c3ccccc3)CC2)C1. The second-order valence-corrected chi connectivity index (χ2v) is 16.5. The number of hydrogen-bond acceptors (Lipinski definition) is 4. The van der Waals surface area contributed by atoms with E-state index >= 15 is 0 Å². The number of rotatable bonds is 10. The molecule has 1 heterocycles. The average Bonchev–Trinajstić information content (AvgIpc) is 3.00. The summed E-state index contributed by atoms with van der Waals surface area (Å²) < 4.78 is 85.7. The third-order valence-electron chi connectivity index (χ3n) is 9.55. The number of carbonyl (C=O) groups excluding carboxylic acids is 2. The molecule has 3 atom stereocenters. The first-order valence-electron chi connectivity index (χ1n) is 15.6. The van der Waals surface area contributed by atoms with Crippen LogP contribution in [-0.2, 0) is 30.9 Å². The molecule has 0 N–H and O–H groups in total. The van der Waals surface area contributed by atoms with E-state index in [0.717, 1.165) is 63.6 Å². The molecule has 1 unspecified atom stereocenters. The van der Waals surface area contributed by atoms with E-state index in [9.17, 15) is 35.9 Å². The van der Waals surface area contributed by atoms with Gasteiger partial charge in [0.05, 0.1) is 0 Å². The van der Waals surface area contributed by atoms with Crippen molar-refractivity contribution in [3.63, 3.8) is 0 Å². The molecule has 0 aromatic heterocycles. The van der Waals surface area contributed by atoms with Crippen LogP contribution in [0.5, 0.6) is 0 Å². The summed E-state index contributed by atoms with van der Waals surface area (Å²) in [4.78, 5) is 28.6. The van der Waals surface area contributed by atoms with Crippen LogP contribution in [0.2, 0.25) is 0 Å². The van der Waals surface area contributed by atoms with Gasteiger partial charge >= 0.3 is 261 Å². The van der Waals surface area contributed by atoms with Crippen LogP contribution >= 0.6 is 0 Å². The summed E-state index contributed by atoms with van der Waals surface area (Å²) in [6, 6.07) is 11.1. The van der Waals surface area contributed by atoms with Crippen LogP contribution in [0.1, 0.15) is 93.9 Å². The number of alkyl halides is 6. The van der Waals surface area contributed by atoms with E-state index in [0.29, 0.717) is 31.2 Å². The summed E-state index contributed by atoms with van der Waals surface area (Å²) in [5.41, 5.74) is -2.54. The second kappa shape index (κ2) is 14.2. The van der Waals surface area contributed by atoms with Crippen molar-refractivity contribution in [2.45, 2.75) is 88.2 Å². The average molecular weight is 702 g/mol. The van der Waals surface area contributed by atoms with Crippen molar-refractivity contribution in [2.75, 3.05) is 26.2 Å². The summed E-state index contributed by atoms with van der Waals surface area (Å²) in [7, 11) is 0.